The molecule has 1 amide bonds. The molecule has 3 aromatic rings. The number of amides is 1. The van der Waals surface area contributed by atoms with E-state index in [1.807, 2.05) is 46.6 Å². The molecule has 1 N–H and O–H groups in total. The minimum absolute atomic E-state index is 0.161. The predicted molar refractivity (Wildman–Crippen MR) is 81.4 cm³/mol. The maximum Gasteiger partial charge on any atom is 0.246 e. The molecular formula is C13H12N4OS2. The molecule has 0 aliphatic carbocycles. The van der Waals surface area contributed by atoms with Gasteiger partial charge in [-0.2, -0.15) is 5.10 Å². The number of nitrogens with one attached hydrogen (secondary N) is 1. The quantitative estimate of drug-likeness (QED) is 0.595. The second-order valence-electron chi connectivity index (χ2n) is 4.21. The van der Waals surface area contributed by atoms with Gasteiger partial charge in [-0.25, -0.2) is 10.4 Å². The van der Waals surface area contributed by atoms with E-state index in [-0.39, 0.29) is 12.3 Å². The van der Waals surface area contributed by atoms with Gasteiger partial charge in [0.15, 0.2) is 4.96 Å². The van der Waals surface area contributed by atoms with E-state index in [0.29, 0.717) is 0 Å². The summed E-state index contributed by atoms with van der Waals surface area (Å²) in [4.78, 5) is 18.1. The van der Waals surface area contributed by atoms with E-state index in [0.717, 1.165) is 21.2 Å². The summed E-state index contributed by atoms with van der Waals surface area (Å²) in [6.07, 6.45) is 4.02. The molecule has 3 rings (SSSR count). The molecule has 0 spiro atoms. The van der Waals surface area contributed by atoms with E-state index < -0.39 is 0 Å². The van der Waals surface area contributed by atoms with Crippen LogP contribution < -0.4 is 5.43 Å². The second kappa shape index (κ2) is 5.56. The van der Waals surface area contributed by atoms with Crippen molar-refractivity contribution in [1.29, 1.82) is 0 Å². The van der Waals surface area contributed by atoms with E-state index in [2.05, 4.69) is 15.5 Å². The number of aromatic nitrogens is 2. The van der Waals surface area contributed by atoms with E-state index in [4.69, 9.17) is 0 Å². The lowest BCUT2D eigenvalue weighted by Gasteiger charge is -1.99. The van der Waals surface area contributed by atoms with Gasteiger partial charge in [-0.05, 0) is 18.4 Å². The van der Waals surface area contributed by atoms with Gasteiger partial charge in [0.05, 0.1) is 17.8 Å². The SMILES string of the molecule is C/C(=N/NC(=O)Cc1cn2ccsc2n1)c1cccs1. The number of carbonyl (C=O) groups is 1. The molecule has 0 radical (unpaired) electrons. The van der Waals surface area contributed by atoms with Crippen molar-refractivity contribution in [2.24, 2.45) is 5.10 Å². The maximum absolute atomic E-state index is 11.8. The minimum atomic E-state index is -0.161. The van der Waals surface area contributed by atoms with Gasteiger partial charge in [0.1, 0.15) is 0 Å². The van der Waals surface area contributed by atoms with Gasteiger partial charge in [-0.1, -0.05) is 6.07 Å². The molecule has 3 heterocycles. The van der Waals surface area contributed by atoms with Crippen LogP contribution in [0.5, 0.6) is 0 Å². The minimum Gasteiger partial charge on any atom is -0.297 e. The number of carbonyl (C=O) groups excluding carboxylic acids is 1. The molecule has 102 valence electrons. The molecule has 0 aromatic carbocycles. The number of thiophene rings is 1. The summed E-state index contributed by atoms with van der Waals surface area (Å²) in [6, 6.07) is 3.93. The monoisotopic (exact) mass is 304 g/mol. The molecule has 0 atom stereocenters. The van der Waals surface area contributed by atoms with Crippen LogP contribution in [0.4, 0.5) is 0 Å². The van der Waals surface area contributed by atoms with Crippen LogP contribution >= 0.6 is 22.7 Å². The summed E-state index contributed by atoms with van der Waals surface area (Å²) >= 11 is 3.14. The van der Waals surface area contributed by atoms with Gasteiger partial charge in [-0.3, -0.25) is 9.20 Å². The van der Waals surface area contributed by atoms with E-state index in [1.165, 1.54) is 0 Å². The van der Waals surface area contributed by atoms with Crippen molar-refractivity contribution in [3.8, 4) is 0 Å². The van der Waals surface area contributed by atoms with Crippen LogP contribution in [0.25, 0.3) is 4.96 Å². The van der Waals surface area contributed by atoms with Crippen molar-refractivity contribution < 1.29 is 4.79 Å². The van der Waals surface area contributed by atoms with Crippen molar-refractivity contribution in [2.45, 2.75) is 13.3 Å². The summed E-state index contributed by atoms with van der Waals surface area (Å²) in [5.74, 6) is -0.161. The zero-order valence-electron chi connectivity index (χ0n) is 10.7. The van der Waals surface area contributed by atoms with Crippen molar-refractivity contribution in [3.63, 3.8) is 0 Å². The van der Waals surface area contributed by atoms with Gasteiger partial charge in [-0.15, -0.1) is 22.7 Å². The lowest BCUT2D eigenvalue weighted by atomic mass is 10.3. The number of rotatable bonds is 4. The number of nitrogens with zero attached hydrogens (tertiary/aromatic N) is 3. The molecule has 7 heteroatoms. The molecule has 20 heavy (non-hydrogen) atoms. The van der Waals surface area contributed by atoms with Crippen LogP contribution in [0, 0.1) is 0 Å². The van der Waals surface area contributed by atoms with Crippen molar-refractivity contribution in [3.05, 3.63) is 45.9 Å². The van der Waals surface area contributed by atoms with E-state index >= 15 is 0 Å². The molecule has 0 bridgehead atoms. The van der Waals surface area contributed by atoms with E-state index in [1.54, 1.807) is 22.7 Å². The molecule has 5 nitrogen and oxygen atoms in total. The topological polar surface area (TPSA) is 58.8 Å². The third-order valence-electron chi connectivity index (χ3n) is 2.71. The van der Waals surface area contributed by atoms with Crippen LogP contribution in [-0.2, 0) is 11.2 Å². The maximum atomic E-state index is 11.8. The Balaban J connectivity index is 1.62. The molecule has 3 aromatic heterocycles. The van der Waals surface area contributed by atoms with Crippen LogP contribution in [0.2, 0.25) is 0 Å². The highest BCUT2D eigenvalue weighted by atomic mass is 32.1. The van der Waals surface area contributed by atoms with Crippen LogP contribution in [-0.4, -0.2) is 21.0 Å². The molecule has 0 aliphatic heterocycles. The highest BCUT2D eigenvalue weighted by molar-refractivity contribution is 7.15. The fourth-order valence-electron chi connectivity index (χ4n) is 1.75. The number of hydrogen-bond acceptors (Lipinski definition) is 5. The Hall–Kier alpha value is -1.99. The fraction of sp³-hybridized carbons (Fsp3) is 0.154. The average Bonchev–Trinajstić information content (AvgIpc) is 3.11. The fourth-order valence-corrected chi connectivity index (χ4v) is 3.15. The summed E-state index contributed by atoms with van der Waals surface area (Å²) in [5, 5.41) is 8.04. The molecule has 0 aliphatic rings. The van der Waals surface area contributed by atoms with Crippen molar-refractivity contribution in [1.82, 2.24) is 14.8 Å². The normalized spacial score (nSPS) is 11.9. The highest BCUT2D eigenvalue weighted by Gasteiger charge is 2.08. The molecule has 0 saturated carbocycles. The van der Waals surface area contributed by atoms with Crippen LogP contribution in [0.3, 0.4) is 0 Å². The third-order valence-corrected chi connectivity index (χ3v) is 4.46. The number of imidazole rings is 1. The zero-order chi connectivity index (χ0) is 13.9. The highest BCUT2D eigenvalue weighted by Crippen LogP contribution is 2.12. The van der Waals surface area contributed by atoms with Gasteiger partial charge in [0.25, 0.3) is 0 Å². The average molecular weight is 304 g/mol. The van der Waals surface area contributed by atoms with E-state index in [9.17, 15) is 4.79 Å². The Kier molecular flexibility index (Phi) is 3.62. The summed E-state index contributed by atoms with van der Waals surface area (Å²) < 4.78 is 1.91. The van der Waals surface area contributed by atoms with Crippen molar-refractivity contribution >= 4 is 39.3 Å². The van der Waals surface area contributed by atoms with Gasteiger partial charge in [0.2, 0.25) is 5.91 Å². The second-order valence-corrected chi connectivity index (χ2v) is 6.03. The first kappa shape index (κ1) is 13.0. The van der Waals surface area contributed by atoms with Gasteiger partial charge in [0, 0.05) is 22.7 Å². The standard InChI is InChI=1S/C13H12N4OS2/c1-9(11-3-2-5-19-11)15-16-12(18)7-10-8-17-4-6-20-13(17)14-10/h2-6,8H,7H2,1H3,(H,16,18)/b15-9-. The molecule has 0 unspecified atom stereocenters. The van der Waals surface area contributed by atoms with Crippen LogP contribution in [0.15, 0.2) is 40.4 Å². The Bertz CT molecular complexity index is 726. The number of hydrogen-bond donors (Lipinski definition) is 1. The first-order valence-electron chi connectivity index (χ1n) is 6.00. The summed E-state index contributed by atoms with van der Waals surface area (Å²) in [5.41, 5.74) is 4.12. The van der Waals surface area contributed by atoms with Crippen LogP contribution in [0.1, 0.15) is 17.5 Å². The lowest BCUT2D eigenvalue weighted by molar-refractivity contribution is -0.120. The first-order valence-corrected chi connectivity index (χ1v) is 7.76. The molecule has 0 saturated heterocycles. The number of hydrazone groups is 1. The number of fused-ring (bicyclic) bond motifs is 1. The smallest absolute Gasteiger partial charge is 0.246 e. The Morgan fingerprint density at radius 1 is 1.45 bits per heavy atom. The van der Waals surface area contributed by atoms with Gasteiger partial charge >= 0.3 is 0 Å². The summed E-state index contributed by atoms with van der Waals surface area (Å²) in [7, 11) is 0. The Labute approximate surface area is 123 Å². The lowest BCUT2D eigenvalue weighted by Crippen LogP contribution is -2.21. The number of thiazole rings is 1. The molecule has 0 fully saturated rings. The largest absolute Gasteiger partial charge is 0.297 e. The Morgan fingerprint density at radius 2 is 2.35 bits per heavy atom. The first-order chi connectivity index (χ1) is 9.72. The predicted octanol–water partition coefficient (Wildman–Crippen LogP) is 2.54. The summed E-state index contributed by atoms with van der Waals surface area (Å²) in [6.45, 7) is 1.87. The van der Waals surface area contributed by atoms with Gasteiger partial charge < -0.3 is 0 Å². The zero-order valence-corrected chi connectivity index (χ0v) is 12.4. The molecular weight excluding hydrogens is 292 g/mol. The Morgan fingerprint density at radius 3 is 3.10 bits per heavy atom. The third kappa shape index (κ3) is 2.78. The van der Waals surface area contributed by atoms with Crippen molar-refractivity contribution in [2.75, 3.05) is 0 Å².